The van der Waals surface area contributed by atoms with Gasteiger partial charge >= 0.3 is 0 Å². The van der Waals surface area contributed by atoms with Gasteiger partial charge in [0.2, 0.25) is 10.0 Å². The molecule has 0 amide bonds. The van der Waals surface area contributed by atoms with Crippen LogP contribution in [0, 0.1) is 0 Å². The molecule has 0 spiro atoms. The SMILES string of the molecule is CS(=O)(=O)Nc1cccc(C2=NN(S(=O)(=O)c3ccccc3)[C@H](c3ccco3)C2)c1. The maximum atomic E-state index is 13.3. The smallest absolute Gasteiger partial charge is 0.279 e. The second kappa shape index (κ2) is 7.62. The summed E-state index contributed by atoms with van der Waals surface area (Å²) in [7, 11) is -7.36. The third-order valence-electron chi connectivity index (χ3n) is 4.53. The lowest BCUT2D eigenvalue weighted by atomic mass is 10.0. The minimum absolute atomic E-state index is 0.124. The van der Waals surface area contributed by atoms with Gasteiger partial charge in [-0.05, 0) is 42.0 Å². The minimum atomic E-state index is -3.92. The van der Waals surface area contributed by atoms with E-state index < -0.39 is 26.1 Å². The summed E-state index contributed by atoms with van der Waals surface area (Å²) in [6.07, 6.45) is 2.83. The predicted molar refractivity (Wildman–Crippen MR) is 113 cm³/mol. The van der Waals surface area contributed by atoms with Crippen LogP contribution in [0.2, 0.25) is 0 Å². The highest BCUT2D eigenvalue weighted by atomic mass is 32.2. The molecule has 1 N–H and O–H groups in total. The Balaban J connectivity index is 1.76. The molecule has 0 unspecified atom stereocenters. The van der Waals surface area contributed by atoms with E-state index in [1.165, 1.54) is 18.4 Å². The van der Waals surface area contributed by atoms with Crippen LogP contribution in [-0.2, 0) is 20.0 Å². The lowest BCUT2D eigenvalue weighted by Crippen LogP contribution is -2.27. The Kier molecular flexibility index (Phi) is 5.12. The van der Waals surface area contributed by atoms with Crippen molar-refractivity contribution in [3.63, 3.8) is 0 Å². The summed E-state index contributed by atoms with van der Waals surface area (Å²) in [5, 5.41) is 4.41. The highest BCUT2D eigenvalue weighted by Crippen LogP contribution is 2.37. The van der Waals surface area contributed by atoms with E-state index in [-0.39, 0.29) is 11.3 Å². The minimum Gasteiger partial charge on any atom is -0.467 e. The van der Waals surface area contributed by atoms with Crippen LogP contribution >= 0.6 is 0 Å². The zero-order chi connectivity index (χ0) is 21.4. The lowest BCUT2D eigenvalue weighted by Gasteiger charge is -2.21. The van der Waals surface area contributed by atoms with Gasteiger partial charge < -0.3 is 4.42 Å². The summed E-state index contributed by atoms with van der Waals surface area (Å²) in [5.41, 5.74) is 1.50. The molecule has 3 aromatic rings. The van der Waals surface area contributed by atoms with Crippen LogP contribution < -0.4 is 4.72 Å². The van der Waals surface area contributed by atoms with E-state index >= 15 is 0 Å². The first kappa shape index (κ1) is 20.2. The molecule has 10 heteroatoms. The summed E-state index contributed by atoms with van der Waals surface area (Å²) in [4.78, 5) is 0.124. The number of hydrogen-bond acceptors (Lipinski definition) is 6. The first-order valence-electron chi connectivity index (χ1n) is 9.03. The molecule has 1 aliphatic heterocycles. The molecule has 0 saturated carbocycles. The first-order chi connectivity index (χ1) is 14.2. The molecule has 0 bridgehead atoms. The van der Waals surface area contributed by atoms with Crippen LogP contribution in [0.15, 0.2) is 87.4 Å². The van der Waals surface area contributed by atoms with E-state index in [1.54, 1.807) is 54.6 Å². The summed E-state index contributed by atoms with van der Waals surface area (Å²) < 4.78 is 58.6. The Bertz CT molecular complexity index is 1290. The fourth-order valence-electron chi connectivity index (χ4n) is 3.25. The van der Waals surface area contributed by atoms with Crippen molar-refractivity contribution in [1.82, 2.24) is 4.41 Å². The monoisotopic (exact) mass is 445 g/mol. The number of hydrogen-bond donors (Lipinski definition) is 1. The van der Waals surface area contributed by atoms with Gasteiger partial charge in [-0.3, -0.25) is 4.72 Å². The molecular formula is C20H19N3O5S2. The standard InChI is InChI=1S/C20H19N3O5S2/c1-29(24,25)22-16-8-5-7-15(13-16)18-14-19(20-11-6-12-28-20)23(21-18)30(26,27)17-9-3-2-4-10-17/h2-13,19,22H,14H2,1H3/t19-/m0/s1. The first-order valence-corrected chi connectivity index (χ1v) is 12.4. The fraction of sp³-hybridized carbons (Fsp3) is 0.150. The van der Waals surface area contributed by atoms with Crippen molar-refractivity contribution in [3.8, 4) is 0 Å². The Morgan fingerprint density at radius 2 is 1.77 bits per heavy atom. The Morgan fingerprint density at radius 3 is 2.43 bits per heavy atom. The van der Waals surface area contributed by atoms with Crippen LogP contribution in [0.5, 0.6) is 0 Å². The van der Waals surface area contributed by atoms with Gasteiger partial charge in [-0.25, -0.2) is 8.42 Å². The third kappa shape index (κ3) is 4.10. The van der Waals surface area contributed by atoms with E-state index in [0.717, 1.165) is 10.7 Å². The van der Waals surface area contributed by atoms with Gasteiger partial charge in [0.25, 0.3) is 10.0 Å². The Hall–Kier alpha value is -3.11. The van der Waals surface area contributed by atoms with E-state index in [9.17, 15) is 16.8 Å². The molecule has 0 aliphatic carbocycles. The lowest BCUT2D eigenvalue weighted by molar-refractivity contribution is 0.320. The van der Waals surface area contributed by atoms with E-state index in [1.807, 2.05) is 0 Å². The van der Waals surface area contributed by atoms with Crippen molar-refractivity contribution in [1.29, 1.82) is 0 Å². The van der Waals surface area contributed by atoms with Crippen molar-refractivity contribution in [3.05, 3.63) is 84.3 Å². The maximum Gasteiger partial charge on any atom is 0.279 e. The molecule has 1 atom stereocenters. The van der Waals surface area contributed by atoms with Crippen molar-refractivity contribution < 1.29 is 21.3 Å². The topological polar surface area (TPSA) is 109 Å². The van der Waals surface area contributed by atoms with E-state index in [2.05, 4.69) is 9.82 Å². The van der Waals surface area contributed by atoms with Gasteiger partial charge in [-0.2, -0.15) is 17.9 Å². The molecular weight excluding hydrogens is 426 g/mol. The molecule has 1 aliphatic rings. The second-order valence-corrected chi connectivity index (χ2v) is 10.4. The molecule has 2 aromatic carbocycles. The number of rotatable bonds is 6. The van der Waals surface area contributed by atoms with E-state index in [4.69, 9.17) is 4.42 Å². The van der Waals surface area contributed by atoms with Crippen LogP contribution in [0.1, 0.15) is 23.8 Å². The van der Waals surface area contributed by atoms with Gasteiger partial charge in [-0.15, -0.1) is 0 Å². The second-order valence-electron chi connectivity index (χ2n) is 6.83. The average Bonchev–Trinajstić information content (AvgIpc) is 3.37. The third-order valence-corrected chi connectivity index (χ3v) is 6.83. The largest absolute Gasteiger partial charge is 0.467 e. The normalized spacial score (nSPS) is 17.0. The molecule has 1 aromatic heterocycles. The number of anilines is 1. The molecule has 8 nitrogen and oxygen atoms in total. The van der Waals surface area contributed by atoms with Crippen molar-refractivity contribution in [2.45, 2.75) is 17.4 Å². The number of sulfonamides is 2. The van der Waals surface area contributed by atoms with Gasteiger partial charge in [0.1, 0.15) is 11.8 Å². The number of nitrogens with one attached hydrogen (secondary N) is 1. The van der Waals surface area contributed by atoms with Crippen LogP contribution in [0.3, 0.4) is 0 Å². The zero-order valence-corrected chi connectivity index (χ0v) is 17.6. The number of hydrazone groups is 1. The number of furan rings is 1. The van der Waals surface area contributed by atoms with Crippen LogP contribution in [0.4, 0.5) is 5.69 Å². The van der Waals surface area contributed by atoms with Crippen LogP contribution in [0.25, 0.3) is 0 Å². The fourth-order valence-corrected chi connectivity index (χ4v) is 5.25. The Labute approximate surface area is 174 Å². The molecule has 4 rings (SSSR count). The molecule has 0 radical (unpaired) electrons. The number of benzene rings is 2. The molecule has 0 fully saturated rings. The summed E-state index contributed by atoms with van der Waals surface area (Å²) in [6, 6.07) is 17.5. The zero-order valence-electron chi connectivity index (χ0n) is 16.0. The van der Waals surface area contributed by atoms with Crippen LogP contribution in [-0.4, -0.2) is 33.2 Å². The summed E-state index contributed by atoms with van der Waals surface area (Å²) >= 11 is 0. The molecule has 156 valence electrons. The highest BCUT2D eigenvalue weighted by molar-refractivity contribution is 7.92. The summed E-state index contributed by atoms with van der Waals surface area (Å²) in [6.45, 7) is 0. The Morgan fingerprint density at radius 1 is 1.00 bits per heavy atom. The molecule has 30 heavy (non-hydrogen) atoms. The van der Waals surface area contributed by atoms with Crippen molar-refractivity contribution >= 4 is 31.4 Å². The molecule has 0 saturated heterocycles. The van der Waals surface area contributed by atoms with Gasteiger partial charge in [-0.1, -0.05) is 30.3 Å². The average molecular weight is 446 g/mol. The highest BCUT2D eigenvalue weighted by Gasteiger charge is 2.39. The van der Waals surface area contributed by atoms with E-state index in [0.29, 0.717) is 22.7 Å². The quantitative estimate of drug-likeness (QED) is 0.627. The maximum absolute atomic E-state index is 13.3. The van der Waals surface area contributed by atoms with Gasteiger partial charge in [0.05, 0.1) is 23.1 Å². The molecule has 2 heterocycles. The van der Waals surface area contributed by atoms with Crippen molar-refractivity contribution in [2.75, 3.05) is 11.0 Å². The summed E-state index contributed by atoms with van der Waals surface area (Å²) in [5.74, 6) is 0.471. The van der Waals surface area contributed by atoms with Gasteiger partial charge in [0.15, 0.2) is 0 Å². The van der Waals surface area contributed by atoms with Gasteiger partial charge in [0, 0.05) is 12.1 Å². The van der Waals surface area contributed by atoms with Crippen molar-refractivity contribution in [2.24, 2.45) is 5.10 Å². The number of nitrogens with zero attached hydrogens (tertiary/aromatic N) is 2. The predicted octanol–water partition coefficient (Wildman–Crippen LogP) is 3.19.